The van der Waals surface area contributed by atoms with Crippen LogP contribution >= 0.6 is 11.6 Å². The summed E-state index contributed by atoms with van der Waals surface area (Å²) in [4.78, 5) is 28.2. The van der Waals surface area contributed by atoms with Crippen molar-refractivity contribution in [3.8, 4) is 5.69 Å². The molecular formula is C24H23ClN2O4. The van der Waals surface area contributed by atoms with Gasteiger partial charge in [0.25, 0.3) is 0 Å². The second-order valence-electron chi connectivity index (χ2n) is 6.85. The molecule has 0 N–H and O–H groups in total. The van der Waals surface area contributed by atoms with E-state index in [2.05, 4.69) is 9.56 Å². The number of methoxy groups -OCH3 is 1. The number of benzene rings is 2. The summed E-state index contributed by atoms with van der Waals surface area (Å²) < 4.78 is 11.9. The van der Waals surface area contributed by atoms with Crippen molar-refractivity contribution in [2.24, 2.45) is 4.99 Å². The van der Waals surface area contributed by atoms with Crippen molar-refractivity contribution in [1.82, 2.24) is 4.57 Å². The molecule has 0 radical (unpaired) electrons. The van der Waals surface area contributed by atoms with Crippen molar-refractivity contribution < 1.29 is 19.1 Å². The van der Waals surface area contributed by atoms with Crippen molar-refractivity contribution in [3.05, 3.63) is 81.6 Å². The fraction of sp³-hybridized carbons (Fsp3) is 0.208. The Labute approximate surface area is 186 Å². The number of rotatable bonds is 6. The largest absolute Gasteiger partial charge is 0.465 e. The highest BCUT2D eigenvalue weighted by Crippen LogP contribution is 2.25. The Morgan fingerprint density at radius 2 is 1.87 bits per heavy atom. The van der Waals surface area contributed by atoms with Crippen LogP contribution in [0.1, 0.15) is 44.6 Å². The molecule has 0 aliphatic carbocycles. The number of aromatic nitrogens is 1. The first-order valence-electron chi connectivity index (χ1n) is 9.74. The Morgan fingerprint density at radius 3 is 2.55 bits per heavy atom. The standard InChI is InChI=1S/C24H23ClN2O4/c1-5-31-23(28)17-7-6-8-20(12-17)27-15(2)11-18(16(27)3)14-26-19-9-10-21(22(25)13-19)24(29)30-4/h6-14H,5H2,1-4H3. The van der Waals surface area contributed by atoms with Crippen LogP contribution in [0.4, 0.5) is 5.69 Å². The number of nitrogens with zero attached hydrogens (tertiary/aromatic N) is 2. The number of halogens is 1. The van der Waals surface area contributed by atoms with E-state index in [0.29, 0.717) is 23.4 Å². The molecule has 6 nitrogen and oxygen atoms in total. The van der Waals surface area contributed by atoms with Gasteiger partial charge in [-0.2, -0.15) is 0 Å². The minimum absolute atomic E-state index is 0.280. The lowest BCUT2D eigenvalue weighted by Crippen LogP contribution is -2.06. The Kier molecular flexibility index (Phi) is 6.92. The molecule has 0 spiro atoms. The predicted octanol–water partition coefficient (Wildman–Crippen LogP) is 5.46. The molecule has 31 heavy (non-hydrogen) atoms. The highest BCUT2D eigenvalue weighted by atomic mass is 35.5. The summed E-state index contributed by atoms with van der Waals surface area (Å²) in [7, 11) is 1.31. The summed E-state index contributed by atoms with van der Waals surface area (Å²) in [6.45, 7) is 6.09. The van der Waals surface area contributed by atoms with Crippen LogP contribution in [0.3, 0.4) is 0 Å². The molecule has 0 atom stereocenters. The van der Waals surface area contributed by atoms with E-state index in [1.807, 2.05) is 38.1 Å². The van der Waals surface area contributed by atoms with Gasteiger partial charge in [-0.3, -0.25) is 4.99 Å². The number of carbonyl (C=O) groups excluding carboxylic acids is 2. The number of aliphatic imine (C=N–C) groups is 1. The molecule has 0 aliphatic rings. The number of esters is 2. The zero-order valence-corrected chi connectivity index (χ0v) is 18.6. The fourth-order valence-electron chi connectivity index (χ4n) is 3.31. The van der Waals surface area contributed by atoms with E-state index in [4.69, 9.17) is 21.1 Å². The van der Waals surface area contributed by atoms with Gasteiger partial charge in [0, 0.05) is 28.9 Å². The van der Waals surface area contributed by atoms with Gasteiger partial charge in [0.1, 0.15) is 0 Å². The number of ether oxygens (including phenoxy) is 2. The lowest BCUT2D eigenvalue weighted by molar-refractivity contribution is 0.0525. The van der Waals surface area contributed by atoms with Crippen LogP contribution in [0, 0.1) is 13.8 Å². The van der Waals surface area contributed by atoms with Crippen molar-refractivity contribution in [3.63, 3.8) is 0 Å². The molecule has 160 valence electrons. The quantitative estimate of drug-likeness (QED) is 0.378. The first kappa shape index (κ1) is 22.3. The van der Waals surface area contributed by atoms with Crippen molar-refractivity contribution in [2.75, 3.05) is 13.7 Å². The average molecular weight is 439 g/mol. The highest BCUT2D eigenvalue weighted by Gasteiger charge is 2.13. The lowest BCUT2D eigenvalue weighted by Gasteiger charge is -2.11. The van der Waals surface area contributed by atoms with Gasteiger partial charge in [0.2, 0.25) is 0 Å². The molecule has 0 aliphatic heterocycles. The van der Waals surface area contributed by atoms with Gasteiger partial charge >= 0.3 is 11.9 Å². The van der Waals surface area contributed by atoms with Crippen LogP contribution in [0.25, 0.3) is 5.69 Å². The van der Waals surface area contributed by atoms with E-state index < -0.39 is 5.97 Å². The molecule has 0 fully saturated rings. The molecule has 1 aromatic heterocycles. The van der Waals surface area contributed by atoms with E-state index in [1.54, 1.807) is 37.4 Å². The second-order valence-corrected chi connectivity index (χ2v) is 7.25. The Balaban J connectivity index is 1.90. The summed E-state index contributed by atoms with van der Waals surface area (Å²) >= 11 is 6.17. The summed E-state index contributed by atoms with van der Waals surface area (Å²) in [5.74, 6) is -0.838. The Hall–Kier alpha value is -3.38. The maximum atomic E-state index is 12.1. The minimum Gasteiger partial charge on any atom is -0.465 e. The molecule has 0 bridgehead atoms. The van der Waals surface area contributed by atoms with E-state index in [-0.39, 0.29) is 11.0 Å². The SMILES string of the molecule is CCOC(=O)c1cccc(-n2c(C)cc(C=Nc3ccc(C(=O)OC)c(Cl)c3)c2C)c1. The number of carbonyl (C=O) groups is 2. The fourth-order valence-corrected chi connectivity index (χ4v) is 3.56. The molecular weight excluding hydrogens is 416 g/mol. The Morgan fingerprint density at radius 1 is 1.10 bits per heavy atom. The molecule has 0 saturated heterocycles. The summed E-state index contributed by atoms with van der Waals surface area (Å²) in [6, 6.07) is 14.2. The third-order valence-electron chi connectivity index (χ3n) is 4.80. The summed E-state index contributed by atoms with van der Waals surface area (Å²) in [6.07, 6.45) is 1.75. The topological polar surface area (TPSA) is 69.9 Å². The second kappa shape index (κ2) is 9.62. The van der Waals surface area contributed by atoms with Gasteiger partial charge < -0.3 is 14.0 Å². The molecule has 0 amide bonds. The molecule has 3 aromatic rings. The van der Waals surface area contributed by atoms with Gasteiger partial charge in [-0.15, -0.1) is 0 Å². The minimum atomic E-state index is -0.492. The average Bonchev–Trinajstić information content (AvgIpc) is 3.05. The Bertz CT molecular complexity index is 1160. The maximum Gasteiger partial charge on any atom is 0.339 e. The molecule has 0 unspecified atom stereocenters. The van der Waals surface area contributed by atoms with Crippen LogP contribution in [0.15, 0.2) is 53.5 Å². The summed E-state index contributed by atoms with van der Waals surface area (Å²) in [5, 5.41) is 0.280. The molecule has 1 heterocycles. The normalized spacial score (nSPS) is 11.0. The first-order valence-corrected chi connectivity index (χ1v) is 10.1. The molecule has 3 rings (SSSR count). The maximum absolute atomic E-state index is 12.1. The number of hydrogen-bond donors (Lipinski definition) is 0. The third-order valence-corrected chi connectivity index (χ3v) is 5.11. The third kappa shape index (κ3) is 4.86. The first-order chi connectivity index (χ1) is 14.8. The van der Waals surface area contributed by atoms with E-state index >= 15 is 0 Å². The van der Waals surface area contributed by atoms with Crippen LogP contribution in [-0.2, 0) is 9.47 Å². The summed E-state index contributed by atoms with van der Waals surface area (Å²) in [5.41, 5.74) is 5.17. The number of hydrogen-bond acceptors (Lipinski definition) is 5. The smallest absolute Gasteiger partial charge is 0.339 e. The number of aryl methyl sites for hydroxylation is 1. The van der Waals surface area contributed by atoms with Gasteiger partial charge in [-0.1, -0.05) is 17.7 Å². The molecule has 7 heteroatoms. The van der Waals surface area contributed by atoms with E-state index in [0.717, 1.165) is 22.6 Å². The highest BCUT2D eigenvalue weighted by molar-refractivity contribution is 6.33. The van der Waals surface area contributed by atoms with Gasteiger partial charge in [0.15, 0.2) is 0 Å². The zero-order valence-electron chi connectivity index (χ0n) is 17.8. The monoisotopic (exact) mass is 438 g/mol. The van der Waals surface area contributed by atoms with Crippen molar-refractivity contribution in [2.45, 2.75) is 20.8 Å². The van der Waals surface area contributed by atoms with Gasteiger partial charge in [-0.25, -0.2) is 9.59 Å². The molecule has 0 saturated carbocycles. The van der Waals surface area contributed by atoms with Gasteiger partial charge in [-0.05, 0) is 63.2 Å². The van der Waals surface area contributed by atoms with Crippen LogP contribution in [0.5, 0.6) is 0 Å². The van der Waals surface area contributed by atoms with E-state index in [1.165, 1.54) is 7.11 Å². The molecule has 2 aromatic carbocycles. The van der Waals surface area contributed by atoms with Crippen LogP contribution < -0.4 is 0 Å². The van der Waals surface area contributed by atoms with Gasteiger partial charge in [0.05, 0.1) is 35.6 Å². The van der Waals surface area contributed by atoms with Crippen LogP contribution in [-0.4, -0.2) is 36.4 Å². The van der Waals surface area contributed by atoms with Crippen molar-refractivity contribution in [1.29, 1.82) is 0 Å². The predicted molar refractivity (Wildman–Crippen MR) is 121 cm³/mol. The lowest BCUT2D eigenvalue weighted by atomic mass is 10.2. The van der Waals surface area contributed by atoms with E-state index in [9.17, 15) is 9.59 Å². The zero-order chi connectivity index (χ0) is 22.5. The van der Waals surface area contributed by atoms with Crippen molar-refractivity contribution >= 4 is 35.4 Å². The van der Waals surface area contributed by atoms with Crippen LogP contribution in [0.2, 0.25) is 5.02 Å².